The third kappa shape index (κ3) is 5.17. The highest BCUT2D eigenvalue weighted by Gasteiger charge is 2.49. The van der Waals surface area contributed by atoms with E-state index in [4.69, 9.17) is 17.5 Å². The summed E-state index contributed by atoms with van der Waals surface area (Å²) < 4.78 is 73.5. The van der Waals surface area contributed by atoms with Gasteiger partial charge in [-0.1, -0.05) is 31.4 Å². The van der Waals surface area contributed by atoms with Crippen molar-refractivity contribution in [3.05, 3.63) is 35.2 Å². The summed E-state index contributed by atoms with van der Waals surface area (Å²) in [5.74, 6) is 0.131. The molecule has 1 atom stereocenters. The molecular formula is C15H17F3O4S2. The zero-order chi connectivity index (χ0) is 18.0. The first-order valence-corrected chi connectivity index (χ1v) is 9.96. The summed E-state index contributed by atoms with van der Waals surface area (Å²) in [7, 11) is -6.61. The maximum absolute atomic E-state index is 13.4. The van der Waals surface area contributed by atoms with Crippen LogP contribution in [0.5, 0.6) is 0 Å². The topological polar surface area (TPSA) is 77.4 Å². The third-order valence-electron chi connectivity index (χ3n) is 3.91. The third-order valence-corrected chi connectivity index (χ3v) is 6.11. The summed E-state index contributed by atoms with van der Waals surface area (Å²) in [5.41, 5.74) is -4.14. The van der Waals surface area contributed by atoms with E-state index >= 15 is 0 Å². The van der Waals surface area contributed by atoms with E-state index in [0.29, 0.717) is 9.58 Å². The van der Waals surface area contributed by atoms with Crippen LogP contribution in [0.4, 0.5) is 13.2 Å². The number of hydrogen-bond acceptors (Lipinski definition) is 3. The first kappa shape index (κ1) is 19.2. The normalized spacial score (nSPS) is 17.5. The van der Waals surface area contributed by atoms with E-state index in [2.05, 4.69) is 0 Å². The first-order chi connectivity index (χ1) is 11.1. The van der Waals surface area contributed by atoms with E-state index in [9.17, 15) is 13.2 Å². The second kappa shape index (κ2) is 7.38. The van der Waals surface area contributed by atoms with Crippen molar-refractivity contribution in [1.29, 1.82) is 0 Å². The molecule has 0 saturated heterocycles. The fourth-order valence-electron chi connectivity index (χ4n) is 3.05. The highest BCUT2D eigenvalue weighted by atomic mass is 32.3. The molecule has 0 spiro atoms. The Hall–Kier alpha value is -1.16. The number of fused-ring (bicyclic) bond motifs is 1. The van der Waals surface area contributed by atoms with E-state index < -0.39 is 26.4 Å². The molecule has 1 fully saturated rings. The largest absolute Gasteiger partial charge is 0.726 e. The maximum Gasteiger partial charge on any atom is 0.600 e. The van der Waals surface area contributed by atoms with Crippen molar-refractivity contribution in [2.24, 2.45) is 0 Å². The molecule has 1 saturated carbocycles. The molecule has 1 unspecified atom stereocenters. The molecule has 1 aliphatic rings. The summed E-state index contributed by atoms with van der Waals surface area (Å²) in [5, 5.41) is 0.767. The Kier molecular flexibility index (Phi) is 5.90. The molecule has 1 aromatic carbocycles. The zero-order valence-corrected chi connectivity index (χ0v) is 14.3. The quantitative estimate of drug-likeness (QED) is 0.422. The molecule has 134 valence electrons. The summed E-state index contributed by atoms with van der Waals surface area (Å²) in [6, 6.07) is 8.77. The van der Waals surface area contributed by atoms with Crippen LogP contribution in [0.3, 0.4) is 0 Å². The van der Waals surface area contributed by atoms with Gasteiger partial charge in [0.05, 0.1) is 10.5 Å². The Labute approximate surface area is 140 Å². The minimum absolute atomic E-state index is 0.131. The molecule has 1 aromatic heterocycles. The van der Waals surface area contributed by atoms with Gasteiger partial charge in [-0.2, -0.15) is 0 Å². The minimum Gasteiger partial charge on any atom is -0.726 e. The Morgan fingerprint density at radius 1 is 1.12 bits per heavy atom. The van der Waals surface area contributed by atoms with E-state index in [1.807, 2.05) is 12.1 Å². The lowest BCUT2D eigenvalue weighted by Gasteiger charge is -2.18. The lowest BCUT2D eigenvalue weighted by molar-refractivity contribution is -0.0868. The molecule has 0 bridgehead atoms. The average Bonchev–Trinajstić information content (AvgIpc) is 2.86. The van der Waals surface area contributed by atoms with Crippen LogP contribution in [-0.2, 0) is 15.9 Å². The molecule has 0 radical (unpaired) electrons. The van der Waals surface area contributed by atoms with Gasteiger partial charge in [0.25, 0.3) is 0 Å². The number of benzene rings is 1. The lowest BCUT2D eigenvalue weighted by Crippen LogP contribution is -2.06. The van der Waals surface area contributed by atoms with Crippen LogP contribution in [0, 0.1) is 0 Å². The number of thiophene rings is 1. The van der Waals surface area contributed by atoms with Gasteiger partial charge in [0, 0.05) is 17.4 Å². The van der Waals surface area contributed by atoms with Gasteiger partial charge in [-0.15, -0.1) is 13.2 Å². The van der Waals surface area contributed by atoms with Gasteiger partial charge in [-0.25, -0.2) is 8.42 Å². The summed E-state index contributed by atoms with van der Waals surface area (Å²) in [6.07, 6.45) is 5.12. The maximum atomic E-state index is 13.4. The Morgan fingerprint density at radius 3 is 2.21 bits per heavy atom. The van der Waals surface area contributed by atoms with Gasteiger partial charge in [0.2, 0.25) is 10.4 Å². The molecule has 4 nitrogen and oxygen atoms in total. The first-order valence-electron chi connectivity index (χ1n) is 7.37. The molecule has 0 aliphatic heterocycles. The molecule has 24 heavy (non-hydrogen) atoms. The predicted octanol–water partition coefficient (Wildman–Crippen LogP) is 5.12. The van der Waals surface area contributed by atoms with E-state index in [1.165, 1.54) is 0 Å². The van der Waals surface area contributed by atoms with Crippen LogP contribution in [0.2, 0.25) is 0 Å². The van der Waals surface area contributed by atoms with Gasteiger partial charge in [-0.05, 0) is 25.0 Å². The molecular weight excluding hydrogens is 365 g/mol. The Balaban J connectivity index is 0.000000368. The minimum atomic E-state index is -4.92. The van der Waals surface area contributed by atoms with Gasteiger partial charge in [-0.3, -0.25) is 4.55 Å². The van der Waals surface area contributed by atoms with Gasteiger partial charge in [0.1, 0.15) is 0 Å². The number of halogens is 3. The van der Waals surface area contributed by atoms with Gasteiger partial charge < -0.3 is 4.55 Å². The number of rotatable bonds is 1. The SMILES string of the molecule is FC(F)(F)[s+]1c(C2CCCCC2)cc2ccccc21.O=S(=O)([O-])O. The van der Waals surface area contributed by atoms with Crippen LogP contribution >= 0.6 is 10.5 Å². The standard InChI is InChI=1S/C15H16F3S.H2O4S/c16-15(17,18)19-13-9-5-4-8-12(13)10-14(19)11-6-2-1-3-7-11;1-5(2,3)4/h4-5,8-11H,1-3,6-7H2;(H2,1,2,3,4)/q+1;/p-1. The van der Waals surface area contributed by atoms with Gasteiger partial charge >= 0.3 is 5.51 Å². The fraction of sp³-hybridized carbons (Fsp3) is 0.467. The number of hydrogen-bond donors (Lipinski definition) is 1. The Morgan fingerprint density at radius 2 is 1.67 bits per heavy atom. The van der Waals surface area contributed by atoms with E-state index in [0.717, 1.165) is 37.5 Å². The van der Waals surface area contributed by atoms with Crippen LogP contribution in [0.1, 0.15) is 42.9 Å². The van der Waals surface area contributed by atoms with Crippen LogP contribution < -0.4 is 0 Å². The molecule has 1 aliphatic carbocycles. The Bertz CT molecular complexity index is 783. The van der Waals surface area contributed by atoms with Crippen molar-refractivity contribution in [2.45, 2.75) is 43.5 Å². The smallest absolute Gasteiger partial charge is 0.600 e. The second-order valence-corrected chi connectivity index (χ2v) is 8.44. The molecule has 9 heteroatoms. The van der Waals surface area contributed by atoms with Crippen molar-refractivity contribution < 1.29 is 30.7 Å². The monoisotopic (exact) mass is 382 g/mol. The highest BCUT2D eigenvalue weighted by molar-refractivity contribution is 7.79. The summed E-state index contributed by atoms with van der Waals surface area (Å²) in [4.78, 5) is 0.633. The van der Waals surface area contributed by atoms with Crippen LogP contribution in [0.25, 0.3) is 10.1 Å². The zero-order valence-electron chi connectivity index (χ0n) is 12.6. The summed E-state index contributed by atoms with van der Waals surface area (Å²) in [6.45, 7) is 0. The second-order valence-electron chi connectivity index (χ2n) is 5.60. The van der Waals surface area contributed by atoms with Crippen LogP contribution in [-0.4, -0.2) is 17.5 Å². The molecule has 0 amide bonds. The lowest BCUT2D eigenvalue weighted by atomic mass is 9.88. The average molecular weight is 382 g/mol. The van der Waals surface area contributed by atoms with Crippen LogP contribution in [0.15, 0.2) is 30.3 Å². The summed E-state index contributed by atoms with van der Waals surface area (Å²) >= 11 is 0. The molecule has 3 rings (SSSR count). The molecule has 2 aromatic rings. The van der Waals surface area contributed by atoms with Gasteiger partial charge in [0.15, 0.2) is 9.58 Å². The number of alkyl halides is 3. The predicted molar refractivity (Wildman–Crippen MR) is 85.9 cm³/mol. The van der Waals surface area contributed by atoms with Crippen molar-refractivity contribution in [3.63, 3.8) is 0 Å². The molecule has 1 N–H and O–H groups in total. The fourth-order valence-corrected chi connectivity index (χ4v) is 5.22. The molecule has 1 heterocycles. The van der Waals surface area contributed by atoms with Crippen molar-refractivity contribution in [2.75, 3.05) is 0 Å². The highest BCUT2D eigenvalue weighted by Crippen LogP contribution is 2.54. The van der Waals surface area contributed by atoms with Crippen molar-refractivity contribution in [1.82, 2.24) is 0 Å². The van der Waals surface area contributed by atoms with Crippen molar-refractivity contribution >= 4 is 31.0 Å². The van der Waals surface area contributed by atoms with E-state index in [-0.39, 0.29) is 5.92 Å². The van der Waals surface area contributed by atoms with E-state index in [1.54, 1.807) is 18.2 Å². The van der Waals surface area contributed by atoms with Crippen molar-refractivity contribution in [3.8, 4) is 0 Å².